The number of halogens is 1. The molecule has 1 radical (unpaired) electrons. The van der Waals surface area contributed by atoms with Crippen LogP contribution in [0.2, 0.25) is 0 Å². The van der Waals surface area contributed by atoms with Gasteiger partial charge in [-0.05, 0) is 49.6 Å². The summed E-state index contributed by atoms with van der Waals surface area (Å²) in [6, 6.07) is 6.68. The standard InChI is InChI=1S/C17H25FN2O.Y/c1-4-5-14(2)17(11-13-20(3)21)19-12-10-15-6-8-16(18)9-7-15;/h4-9,17,19,21H,2,10-13H2,1,3H3;/b5-4-;. The van der Waals surface area contributed by atoms with Crippen molar-refractivity contribution in [2.75, 3.05) is 20.1 Å². The van der Waals surface area contributed by atoms with Gasteiger partial charge < -0.3 is 10.5 Å². The Labute approximate surface area is 158 Å². The molecular weight excluding hydrogens is 356 g/mol. The van der Waals surface area contributed by atoms with Gasteiger partial charge in [-0.25, -0.2) is 4.39 Å². The van der Waals surface area contributed by atoms with Gasteiger partial charge in [0.25, 0.3) is 0 Å². The summed E-state index contributed by atoms with van der Waals surface area (Å²) in [4.78, 5) is 0. The molecule has 1 rings (SSSR count). The van der Waals surface area contributed by atoms with Gasteiger partial charge in [-0.3, -0.25) is 0 Å². The Morgan fingerprint density at radius 2 is 2.05 bits per heavy atom. The largest absolute Gasteiger partial charge is 0.314 e. The van der Waals surface area contributed by atoms with E-state index in [2.05, 4.69) is 11.9 Å². The smallest absolute Gasteiger partial charge is 0.123 e. The Bertz CT molecular complexity index is 460. The second kappa shape index (κ2) is 12.1. The SMILES string of the molecule is C=C(/C=C\C)C(CCN(C)O)NCCc1ccc(F)cc1.[Y]. The molecule has 0 bridgehead atoms. The molecule has 119 valence electrons. The molecule has 0 saturated heterocycles. The van der Waals surface area contributed by atoms with Crippen LogP contribution in [0.4, 0.5) is 4.39 Å². The molecule has 0 heterocycles. The van der Waals surface area contributed by atoms with Crippen molar-refractivity contribution in [1.29, 1.82) is 0 Å². The molecule has 3 nitrogen and oxygen atoms in total. The Hall–Kier alpha value is -0.386. The number of benzene rings is 1. The van der Waals surface area contributed by atoms with E-state index in [9.17, 15) is 9.60 Å². The van der Waals surface area contributed by atoms with Gasteiger partial charge in [0.15, 0.2) is 0 Å². The third-order valence-electron chi connectivity index (χ3n) is 3.29. The van der Waals surface area contributed by atoms with Crippen molar-refractivity contribution in [2.24, 2.45) is 0 Å². The quantitative estimate of drug-likeness (QED) is 0.510. The van der Waals surface area contributed by atoms with Gasteiger partial charge in [0.1, 0.15) is 5.82 Å². The molecule has 1 aromatic carbocycles. The zero-order chi connectivity index (χ0) is 15.7. The molecule has 0 spiro atoms. The van der Waals surface area contributed by atoms with Gasteiger partial charge in [-0.2, -0.15) is 5.06 Å². The molecule has 5 heteroatoms. The zero-order valence-electron chi connectivity index (χ0n) is 13.4. The number of hydroxylamine groups is 2. The van der Waals surface area contributed by atoms with Gasteiger partial charge in [-0.15, -0.1) is 0 Å². The summed E-state index contributed by atoms with van der Waals surface area (Å²) >= 11 is 0. The van der Waals surface area contributed by atoms with Crippen LogP contribution in [0.5, 0.6) is 0 Å². The Morgan fingerprint density at radius 1 is 1.41 bits per heavy atom. The van der Waals surface area contributed by atoms with Gasteiger partial charge in [0.05, 0.1) is 0 Å². The van der Waals surface area contributed by atoms with Crippen molar-refractivity contribution in [2.45, 2.75) is 25.8 Å². The third kappa shape index (κ3) is 8.91. The fourth-order valence-corrected chi connectivity index (χ4v) is 2.11. The van der Waals surface area contributed by atoms with E-state index in [-0.39, 0.29) is 44.6 Å². The molecule has 0 fully saturated rings. The monoisotopic (exact) mass is 381 g/mol. The van der Waals surface area contributed by atoms with Crippen LogP contribution in [0.25, 0.3) is 0 Å². The van der Waals surface area contributed by atoms with Crippen LogP contribution in [0.1, 0.15) is 18.9 Å². The van der Waals surface area contributed by atoms with Crippen LogP contribution in [0, 0.1) is 5.82 Å². The second-order valence-electron chi connectivity index (χ2n) is 5.13. The molecule has 0 aliphatic carbocycles. The summed E-state index contributed by atoms with van der Waals surface area (Å²) in [5.41, 5.74) is 2.09. The molecule has 0 amide bonds. The normalized spacial score (nSPS) is 12.4. The van der Waals surface area contributed by atoms with Crippen molar-refractivity contribution >= 4 is 0 Å². The summed E-state index contributed by atoms with van der Waals surface area (Å²) in [5.74, 6) is -0.211. The first-order valence-corrected chi connectivity index (χ1v) is 7.22. The van der Waals surface area contributed by atoms with Gasteiger partial charge >= 0.3 is 0 Å². The maximum atomic E-state index is 12.8. The maximum Gasteiger partial charge on any atom is 0.123 e. The van der Waals surface area contributed by atoms with Crippen molar-refractivity contribution in [3.63, 3.8) is 0 Å². The van der Waals surface area contributed by atoms with Crippen LogP contribution >= 0.6 is 0 Å². The molecule has 0 aromatic heterocycles. The average Bonchev–Trinajstić information content (AvgIpc) is 2.44. The Morgan fingerprint density at radius 3 is 2.59 bits per heavy atom. The van der Waals surface area contributed by atoms with Crippen LogP contribution in [0.15, 0.2) is 48.6 Å². The summed E-state index contributed by atoms with van der Waals surface area (Å²) in [7, 11) is 1.63. The predicted molar refractivity (Wildman–Crippen MR) is 84.9 cm³/mol. The fourth-order valence-electron chi connectivity index (χ4n) is 2.11. The molecule has 0 aliphatic rings. The first-order valence-electron chi connectivity index (χ1n) is 7.22. The van der Waals surface area contributed by atoms with E-state index in [0.717, 1.165) is 30.5 Å². The number of allylic oxidation sites excluding steroid dienone is 1. The number of nitrogens with one attached hydrogen (secondary N) is 1. The van der Waals surface area contributed by atoms with E-state index >= 15 is 0 Å². The van der Waals surface area contributed by atoms with Crippen molar-refractivity contribution in [3.8, 4) is 0 Å². The van der Waals surface area contributed by atoms with Crippen molar-refractivity contribution in [3.05, 3.63) is 60.0 Å². The molecule has 2 N–H and O–H groups in total. The molecule has 1 aromatic rings. The Balaban J connectivity index is 0.00000441. The van der Waals surface area contributed by atoms with E-state index in [1.54, 1.807) is 19.2 Å². The number of rotatable bonds is 9. The van der Waals surface area contributed by atoms with Gasteiger partial charge in [0.2, 0.25) is 0 Å². The van der Waals surface area contributed by atoms with E-state index in [1.807, 2.05) is 19.1 Å². The van der Waals surface area contributed by atoms with Crippen LogP contribution in [0.3, 0.4) is 0 Å². The first-order chi connectivity index (χ1) is 10.0. The van der Waals surface area contributed by atoms with Gasteiger partial charge in [0, 0.05) is 52.3 Å². The molecule has 1 unspecified atom stereocenters. The summed E-state index contributed by atoms with van der Waals surface area (Å²) in [5, 5.41) is 13.9. The minimum Gasteiger partial charge on any atom is -0.314 e. The molecular formula is C17H25FN2OY. The van der Waals surface area contributed by atoms with Crippen molar-refractivity contribution < 1.29 is 42.3 Å². The Kier molecular flexibility index (Phi) is 11.9. The summed E-state index contributed by atoms with van der Waals surface area (Å²) in [6.45, 7) is 7.37. The fraction of sp³-hybridized carbons (Fsp3) is 0.412. The second-order valence-corrected chi connectivity index (χ2v) is 5.13. The minimum absolute atomic E-state index is 0. The minimum atomic E-state index is -0.211. The predicted octanol–water partition coefficient (Wildman–Crippen LogP) is 3.17. The summed E-state index contributed by atoms with van der Waals surface area (Å²) < 4.78 is 12.8. The zero-order valence-corrected chi connectivity index (χ0v) is 16.3. The van der Waals surface area contributed by atoms with E-state index in [1.165, 1.54) is 17.2 Å². The van der Waals surface area contributed by atoms with Crippen molar-refractivity contribution in [1.82, 2.24) is 10.4 Å². The van der Waals surface area contributed by atoms with E-state index in [0.29, 0.717) is 6.54 Å². The molecule has 22 heavy (non-hydrogen) atoms. The van der Waals surface area contributed by atoms with Crippen LogP contribution in [-0.4, -0.2) is 36.4 Å². The first kappa shape index (κ1) is 21.6. The summed E-state index contributed by atoms with van der Waals surface area (Å²) in [6.07, 6.45) is 5.54. The van der Waals surface area contributed by atoms with E-state index in [4.69, 9.17) is 0 Å². The molecule has 1 atom stereocenters. The average molecular weight is 381 g/mol. The number of nitrogens with zero attached hydrogens (tertiary/aromatic N) is 1. The number of hydrogen-bond donors (Lipinski definition) is 2. The van der Waals surface area contributed by atoms with E-state index < -0.39 is 0 Å². The molecule has 0 saturated carbocycles. The maximum absolute atomic E-state index is 12.8. The van der Waals surface area contributed by atoms with Crippen LogP contribution in [-0.2, 0) is 39.1 Å². The number of hydrogen-bond acceptors (Lipinski definition) is 3. The van der Waals surface area contributed by atoms with Crippen LogP contribution < -0.4 is 5.32 Å². The topological polar surface area (TPSA) is 35.5 Å². The molecule has 0 aliphatic heterocycles. The van der Waals surface area contributed by atoms with Gasteiger partial charge in [-0.1, -0.05) is 30.9 Å². The third-order valence-corrected chi connectivity index (χ3v) is 3.29.